The fourth-order valence-corrected chi connectivity index (χ4v) is 3.01. The van der Waals surface area contributed by atoms with Gasteiger partial charge >= 0.3 is 12.5 Å². The van der Waals surface area contributed by atoms with Crippen LogP contribution in [-0.4, -0.2) is 45.5 Å². The fourth-order valence-electron chi connectivity index (χ4n) is 3.01. The maximum absolute atomic E-state index is 13.6. The molecule has 1 saturated heterocycles. The van der Waals surface area contributed by atoms with Crippen molar-refractivity contribution in [3.63, 3.8) is 0 Å². The van der Waals surface area contributed by atoms with Gasteiger partial charge in [-0.3, -0.25) is 9.78 Å². The SMILES string of the molecule is C[C@H]1N[C@@H](C(=O)NCc2cc(-c3cnc(C(F)(F)F)nc3)ncc2OC(F)(F)F)C[C@H]1F.Cl. The van der Waals surface area contributed by atoms with Crippen LogP contribution < -0.4 is 15.4 Å². The van der Waals surface area contributed by atoms with Gasteiger partial charge < -0.3 is 15.4 Å². The summed E-state index contributed by atoms with van der Waals surface area (Å²) in [7, 11) is 0. The zero-order valence-electron chi connectivity index (χ0n) is 16.7. The Bertz CT molecular complexity index is 962. The van der Waals surface area contributed by atoms with Crippen molar-refractivity contribution in [1.82, 2.24) is 25.6 Å². The molecule has 0 saturated carbocycles. The van der Waals surface area contributed by atoms with Gasteiger partial charge in [0, 0.05) is 42.5 Å². The number of halogens is 8. The summed E-state index contributed by atoms with van der Waals surface area (Å²) in [4.78, 5) is 22.4. The lowest BCUT2D eigenvalue weighted by atomic mass is 10.1. The van der Waals surface area contributed by atoms with Gasteiger partial charge in [0.15, 0.2) is 5.75 Å². The smallest absolute Gasteiger partial charge is 0.404 e. The summed E-state index contributed by atoms with van der Waals surface area (Å²) < 4.78 is 93.5. The minimum absolute atomic E-state index is 0. The quantitative estimate of drug-likeness (QED) is 0.606. The number of amides is 1. The summed E-state index contributed by atoms with van der Waals surface area (Å²) in [6, 6.07) is -0.325. The average molecular weight is 504 g/mol. The molecule has 7 nitrogen and oxygen atoms in total. The lowest BCUT2D eigenvalue weighted by Gasteiger charge is -2.16. The van der Waals surface area contributed by atoms with Gasteiger partial charge in [0.1, 0.15) is 6.17 Å². The Balaban J connectivity index is 0.00000385. The number of pyridine rings is 1. The van der Waals surface area contributed by atoms with Crippen LogP contribution in [0.4, 0.5) is 30.7 Å². The molecule has 1 fully saturated rings. The van der Waals surface area contributed by atoms with E-state index in [1.165, 1.54) is 0 Å². The molecule has 3 rings (SSSR count). The molecule has 2 aromatic heterocycles. The number of aromatic nitrogens is 3. The third-order valence-corrected chi connectivity index (χ3v) is 4.61. The third-order valence-electron chi connectivity index (χ3n) is 4.61. The zero-order valence-corrected chi connectivity index (χ0v) is 17.5. The second-order valence-corrected chi connectivity index (χ2v) is 7.00. The molecule has 1 amide bonds. The molecule has 1 aliphatic rings. The number of nitrogens with zero attached hydrogens (tertiary/aromatic N) is 3. The molecule has 15 heteroatoms. The Labute approximate surface area is 188 Å². The fraction of sp³-hybridized carbons (Fsp3) is 0.444. The van der Waals surface area contributed by atoms with E-state index >= 15 is 0 Å². The van der Waals surface area contributed by atoms with Gasteiger partial charge in [-0.2, -0.15) is 13.2 Å². The van der Waals surface area contributed by atoms with E-state index in [1.54, 1.807) is 6.92 Å². The minimum atomic E-state index is -5.05. The van der Waals surface area contributed by atoms with Crippen LogP contribution >= 0.6 is 12.4 Å². The monoisotopic (exact) mass is 503 g/mol. The van der Waals surface area contributed by atoms with Crippen LogP contribution in [0.1, 0.15) is 24.7 Å². The van der Waals surface area contributed by atoms with Gasteiger partial charge in [0.25, 0.3) is 0 Å². The summed E-state index contributed by atoms with van der Waals surface area (Å²) in [5.74, 6) is -2.74. The number of carbonyl (C=O) groups is 1. The maximum atomic E-state index is 13.6. The maximum Gasteiger partial charge on any atom is 0.573 e. The van der Waals surface area contributed by atoms with Gasteiger partial charge in [-0.25, -0.2) is 14.4 Å². The normalized spacial score (nSPS) is 20.8. The van der Waals surface area contributed by atoms with E-state index in [2.05, 4.69) is 30.3 Å². The Morgan fingerprint density at radius 3 is 2.30 bits per heavy atom. The van der Waals surface area contributed by atoms with Crippen LogP contribution in [0.2, 0.25) is 0 Å². The third kappa shape index (κ3) is 6.87. The van der Waals surface area contributed by atoms with Crippen LogP contribution in [0.15, 0.2) is 24.7 Å². The first-order valence-electron chi connectivity index (χ1n) is 9.15. The highest BCUT2D eigenvalue weighted by Gasteiger charge is 2.36. The molecule has 3 atom stereocenters. The van der Waals surface area contributed by atoms with Crippen LogP contribution in [0.25, 0.3) is 11.3 Å². The number of carbonyl (C=O) groups excluding carboxylic acids is 1. The molecule has 182 valence electrons. The first kappa shape index (κ1) is 26.5. The largest absolute Gasteiger partial charge is 0.573 e. The number of rotatable bonds is 5. The Hall–Kier alpha value is -2.74. The molecule has 0 radical (unpaired) electrons. The van der Waals surface area contributed by atoms with Crippen molar-refractivity contribution in [2.24, 2.45) is 0 Å². The number of hydrogen-bond acceptors (Lipinski definition) is 6. The Morgan fingerprint density at radius 1 is 1.15 bits per heavy atom. The predicted molar refractivity (Wildman–Crippen MR) is 102 cm³/mol. The predicted octanol–water partition coefficient (Wildman–Crippen LogP) is 3.58. The van der Waals surface area contributed by atoms with Crippen LogP contribution in [-0.2, 0) is 17.5 Å². The molecular formula is C18H17ClF7N5O2. The second kappa shape index (κ2) is 10.0. The van der Waals surface area contributed by atoms with E-state index in [1.807, 2.05) is 0 Å². The highest BCUT2D eigenvalue weighted by atomic mass is 35.5. The highest BCUT2D eigenvalue weighted by Crippen LogP contribution is 2.30. The minimum Gasteiger partial charge on any atom is -0.404 e. The van der Waals surface area contributed by atoms with E-state index in [9.17, 15) is 35.5 Å². The van der Waals surface area contributed by atoms with Gasteiger partial charge in [-0.05, 0) is 13.0 Å². The molecule has 0 bridgehead atoms. The van der Waals surface area contributed by atoms with Crippen LogP contribution in [0.3, 0.4) is 0 Å². The van der Waals surface area contributed by atoms with Gasteiger partial charge in [0.2, 0.25) is 11.7 Å². The van der Waals surface area contributed by atoms with Crippen molar-refractivity contribution in [3.05, 3.63) is 36.0 Å². The lowest BCUT2D eigenvalue weighted by molar-refractivity contribution is -0.275. The van der Waals surface area contributed by atoms with E-state index < -0.39 is 54.8 Å². The van der Waals surface area contributed by atoms with Gasteiger partial charge in [-0.1, -0.05) is 0 Å². The first-order chi connectivity index (χ1) is 14.8. The number of nitrogens with one attached hydrogen (secondary N) is 2. The van der Waals surface area contributed by atoms with Crippen LogP contribution in [0.5, 0.6) is 5.75 Å². The van der Waals surface area contributed by atoms with Crippen molar-refractivity contribution in [2.45, 2.75) is 50.7 Å². The summed E-state index contributed by atoms with van der Waals surface area (Å²) in [5, 5.41) is 5.12. The van der Waals surface area contributed by atoms with E-state index in [-0.39, 0.29) is 35.6 Å². The molecule has 0 aromatic carbocycles. The standard InChI is InChI=1S/C18H16F7N5O2.ClH/c1-8-11(19)3-13(30-8)15(31)27-4-9-2-12(26-7-14(9)32-18(23,24)25)10-5-28-16(29-6-10)17(20,21)22;/h2,5-8,11,13,30H,3-4H2,1H3,(H,27,31);1H/t8-,11-,13-;/m1./s1. The number of ether oxygens (including phenoxy) is 1. The van der Waals surface area contributed by atoms with E-state index in [0.717, 1.165) is 24.7 Å². The van der Waals surface area contributed by atoms with E-state index in [0.29, 0.717) is 0 Å². The molecule has 0 aliphatic carbocycles. The molecule has 1 aliphatic heterocycles. The molecule has 2 aromatic rings. The lowest BCUT2D eigenvalue weighted by Crippen LogP contribution is -2.42. The first-order valence-corrected chi connectivity index (χ1v) is 9.15. The topological polar surface area (TPSA) is 89.0 Å². The van der Waals surface area contributed by atoms with E-state index in [4.69, 9.17) is 0 Å². The molecule has 33 heavy (non-hydrogen) atoms. The van der Waals surface area contributed by atoms with Crippen molar-refractivity contribution in [2.75, 3.05) is 0 Å². The second-order valence-electron chi connectivity index (χ2n) is 7.00. The Morgan fingerprint density at radius 2 is 1.79 bits per heavy atom. The van der Waals surface area contributed by atoms with Crippen molar-refractivity contribution >= 4 is 18.3 Å². The molecule has 0 unspecified atom stereocenters. The summed E-state index contributed by atoms with van der Waals surface area (Å²) in [6.45, 7) is 1.11. The van der Waals surface area contributed by atoms with Crippen molar-refractivity contribution in [1.29, 1.82) is 0 Å². The van der Waals surface area contributed by atoms with Gasteiger partial charge in [-0.15, -0.1) is 25.6 Å². The molecule has 0 spiro atoms. The number of alkyl halides is 7. The zero-order chi connectivity index (χ0) is 23.7. The average Bonchev–Trinajstić information content (AvgIpc) is 3.04. The van der Waals surface area contributed by atoms with Crippen molar-refractivity contribution < 1.29 is 40.3 Å². The molecular weight excluding hydrogens is 487 g/mol. The van der Waals surface area contributed by atoms with Gasteiger partial charge in [0.05, 0.1) is 17.9 Å². The summed E-state index contributed by atoms with van der Waals surface area (Å²) in [6.07, 6.45) is -8.81. The summed E-state index contributed by atoms with van der Waals surface area (Å²) in [5.41, 5.74) is -0.215. The van der Waals surface area contributed by atoms with Crippen LogP contribution in [0, 0.1) is 0 Å². The molecule has 3 heterocycles. The highest BCUT2D eigenvalue weighted by molar-refractivity contribution is 5.85. The summed E-state index contributed by atoms with van der Waals surface area (Å²) >= 11 is 0. The van der Waals surface area contributed by atoms with Crippen molar-refractivity contribution in [3.8, 4) is 17.0 Å². The molecule has 2 N–H and O–H groups in total. The number of hydrogen-bond donors (Lipinski definition) is 2. The Kier molecular flexibility index (Phi) is 8.06.